The zero-order valence-electron chi connectivity index (χ0n) is 12.1. The molecule has 1 heterocycles. The van der Waals surface area contributed by atoms with Crippen molar-refractivity contribution in [2.75, 3.05) is 31.1 Å². The summed E-state index contributed by atoms with van der Waals surface area (Å²) >= 11 is 6.08. The first-order valence-electron chi connectivity index (χ1n) is 7.28. The minimum atomic E-state index is -0.310. The van der Waals surface area contributed by atoms with Crippen LogP contribution in [0.1, 0.15) is 5.56 Å². The fourth-order valence-electron chi connectivity index (χ4n) is 2.71. The van der Waals surface area contributed by atoms with Crippen molar-refractivity contribution in [1.29, 1.82) is 0 Å². The molecular formula is C17H17ClF2N2. The Hall–Kier alpha value is -1.65. The maximum Gasteiger partial charge on any atom is 0.124 e. The molecule has 0 saturated carbocycles. The molecule has 0 bridgehead atoms. The van der Waals surface area contributed by atoms with Crippen molar-refractivity contribution in [3.05, 3.63) is 64.7 Å². The maximum absolute atomic E-state index is 13.1. The van der Waals surface area contributed by atoms with E-state index in [-0.39, 0.29) is 11.6 Å². The molecule has 2 aromatic carbocycles. The summed E-state index contributed by atoms with van der Waals surface area (Å²) in [5.74, 6) is -0.525. The van der Waals surface area contributed by atoms with E-state index in [4.69, 9.17) is 11.6 Å². The zero-order chi connectivity index (χ0) is 15.5. The van der Waals surface area contributed by atoms with Crippen molar-refractivity contribution in [3.63, 3.8) is 0 Å². The van der Waals surface area contributed by atoms with E-state index in [0.717, 1.165) is 44.0 Å². The van der Waals surface area contributed by atoms with Gasteiger partial charge in [-0.2, -0.15) is 0 Å². The summed E-state index contributed by atoms with van der Waals surface area (Å²) in [6.07, 6.45) is 0. The lowest BCUT2D eigenvalue weighted by Gasteiger charge is -2.36. The highest BCUT2D eigenvalue weighted by atomic mass is 35.5. The second-order valence-corrected chi connectivity index (χ2v) is 5.88. The first-order valence-corrected chi connectivity index (χ1v) is 7.66. The Bertz CT molecular complexity index is 638. The summed E-state index contributed by atoms with van der Waals surface area (Å²) in [5.41, 5.74) is 1.99. The molecule has 1 aliphatic rings. The first-order chi connectivity index (χ1) is 10.6. The van der Waals surface area contributed by atoms with E-state index in [9.17, 15) is 8.78 Å². The van der Waals surface area contributed by atoms with Gasteiger partial charge in [-0.1, -0.05) is 17.7 Å². The van der Waals surface area contributed by atoms with Gasteiger partial charge in [-0.05, 0) is 42.0 Å². The summed E-state index contributed by atoms with van der Waals surface area (Å²) < 4.78 is 26.0. The Morgan fingerprint density at radius 1 is 0.864 bits per heavy atom. The third kappa shape index (κ3) is 3.57. The SMILES string of the molecule is Fc1ccc(N2CCN(Cc3ccc(F)cc3Cl)CC2)cc1. The second kappa shape index (κ2) is 6.63. The van der Waals surface area contributed by atoms with E-state index in [1.54, 1.807) is 6.07 Å². The molecule has 0 N–H and O–H groups in total. The number of piperazine rings is 1. The summed E-state index contributed by atoms with van der Waals surface area (Å²) in [6, 6.07) is 11.1. The lowest BCUT2D eigenvalue weighted by molar-refractivity contribution is 0.250. The quantitative estimate of drug-likeness (QED) is 0.844. The Kier molecular flexibility index (Phi) is 4.60. The highest BCUT2D eigenvalue weighted by Gasteiger charge is 2.18. The number of hydrogen-bond donors (Lipinski definition) is 0. The summed E-state index contributed by atoms with van der Waals surface area (Å²) in [7, 11) is 0. The molecule has 1 fully saturated rings. The van der Waals surface area contributed by atoms with Crippen LogP contribution >= 0.6 is 11.6 Å². The van der Waals surface area contributed by atoms with Crippen LogP contribution in [0.3, 0.4) is 0 Å². The van der Waals surface area contributed by atoms with Gasteiger partial charge in [0.15, 0.2) is 0 Å². The van der Waals surface area contributed by atoms with Gasteiger partial charge in [0, 0.05) is 43.4 Å². The third-order valence-electron chi connectivity index (χ3n) is 3.97. The molecule has 0 spiro atoms. The molecule has 0 atom stereocenters. The van der Waals surface area contributed by atoms with Gasteiger partial charge >= 0.3 is 0 Å². The highest BCUT2D eigenvalue weighted by Crippen LogP contribution is 2.21. The van der Waals surface area contributed by atoms with Crippen LogP contribution in [0, 0.1) is 11.6 Å². The predicted octanol–water partition coefficient (Wildman–Crippen LogP) is 3.94. The maximum atomic E-state index is 13.1. The summed E-state index contributed by atoms with van der Waals surface area (Å²) in [4.78, 5) is 4.53. The van der Waals surface area contributed by atoms with E-state index >= 15 is 0 Å². The molecule has 1 saturated heterocycles. The van der Waals surface area contributed by atoms with E-state index in [0.29, 0.717) is 5.02 Å². The van der Waals surface area contributed by atoms with E-state index < -0.39 is 0 Å². The van der Waals surface area contributed by atoms with Crippen LogP contribution in [0.5, 0.6) is 0 Å². The first kappa shape index (κ1) is 15.3. The van der Waals surface area contributed by atoms with Gasteiger partial charge in [0.2, 0.25) is 0 Å². The number of halogens is 3. The van der Waals surface area contributed by atoms with Crippen molar-refractivity contribution >= 4 is 17.3 Å². The van der Waals surface area contributed by atoms with Crippen LogP contribution in [0.2, 0.25) is 5.02 Å². The van der Waals surface area contributed by atoms with E-state index in [1.807, 2.05) is 12.1 Å². The molecule has 0 unspecified atom stereocenters. The highest BCUT2D eigenvalue weighted by molar-refractivity contribution is 6.31. The van der Waals surface area contributed by atoms with Gasteiger partial charge in [0.05, 0.1) is 0 Å². The van der Waals surface area contributed by atoms with Crippen molar-refractivity contribution < 1.29 is 8.78 Å². The smallest absolute Gasteiger partial charge is 0.124 e. The van der Waals surface area contributed by atoms with Crippen LogP contribution < -0.4 is 4.90 Å². The lowest BCUT2D eigenvalue weighted by atomic mass is 10.2. The topological polar surface area (TPSA) is 6.48 Å². The van der Waals surface area contributed by atoms with Crippen LogP contribution in [-0.2, 0) is 6.54 Å². The minimum Gasteiger partial charge on any atom is -0.369 e. The Morgan fingerprint density at radius 2 is 1.50 bits per heavy atom. The van der Waals surface area contributed by atoms with Gasteiger partial charge in [-0.15, -0.1) is 0 Å². The zero-order valence-corrected chi connectivity index (χ0v) is 12.9. The van der Waals surface area contributed by atoms with Crippen LogP contribution in [0.15, 0.2) is 42.5 Å². The van der Waals surface area contributed by atoms with Gasteiger partial charge in [-0.3, -0.25) is 4.90 Å². The van der Waals surface area contributed by atoms with Crippen molar-refractivity contribution in [3.8, 4) is 0 Å². The largest absolute Gasteiger partial charge is 0.369 e. The van der Waals surface area contributed by atoms with Crippen LogP contribution in [-0.4, -0.2) is 31.1 Å². The predicted molar refractivity (Wildman–Crippen MR) is 85.3 cm³/mol. The summed E-state index contributed by atoms with van der Waals surface area (Å²) in [5, 5.41) is 0.473. The molecule has 3 rings (SSSR count). The molecule has 22 heavy (non-hydrogen) atoms. The molecule has 0 aromatic heterocycles. The summed E-state index contributed by atoms with van der Waals surface area (Å²) in [6.45, 7) is 4.27. The average molecular weight is 323 g/mol. The molecule has 1 aliphatic heterocycles. The van der Waals surface area contributed by atoms with Gasteiger partial charge in [-0.25, -0.2) is 8.78 Å². The van der Waals surface area contributed by atoms with Gasteiger partial charge in [0.1, 0.15) is 11.6 Å². The molecule has 116 valence electrons. The van der Waals surface area contributed by atoms with Gasteiger partial charge in [0.25, 0.3) is 0 Å². The molecule has 0 radical (unpaired) electrons. The minimum absolute atomic E-state index is 0.215. The van der Waals surface area contributed by atoms with Crippen molar-refractivity contribution in [1.82, 2.24) is 4.90 Å². The molecule has 2 aromatic rings. The van der Waals surface area contributed by atoms with Gasteiger partial charge < -0.3 is 4.90 Å². The Labute approximate surface area is 133 Å². The Balaban J connectivity index is 1.58. The fourth-order valence-corrected chi connectivity index (χ4v) is 2.93. The normalized spacial score (nSPS) is 16.0. The average Bonchev–Trinajstić information content (AvgIpc) is 2.52. The van der Waals surface area contributed by atoms with E-state index in [1.165, 1.54) is 24.3 Å². The second-order valence-electron chi connectivity index (χ2n) is 5.48. The molecular weight excluding hydrogens is 306 g/mol. The van der Waals surface area contributed by atoms with Crippen LogP contribution in [0.25, 0.3) is 0 Å². The third-order valence-corrected chi connectivity index (χ3v) is 4.32. The molecule has 0 amide bonds. The lowest BCUT2D eigenvalue weighted by Crippen LogP contribution is -2.46. The standard InChI is InChI=1S/C17H17ClF2N2/c18-17-11-15(20)2-1-13(17)12-21-7-9-22(10-8-21)16-5-3-14(19)4-6-16/h1-6,11H,7-10,12H2. The Morgan fingerprint density at radius 3 is 2.14 bits per heavy atom. The van der Waals surface area contributed by atoms with Crippen molar-refractivity contribution in [2.24, 2.45) is 0 Å². The number of hydrogen-bond acceptors (Lipinski definition) is 2. The van der Waals surface area contributed by atoms with E-state index in [2.05, 4.69) is 9.80 Å². The van der Waals surface area contributed by atoms with Crippen LogP contribution in [0.4, 0.5) is 14.5 Å². The monoisotopic (exact) mass is 322 g/mol. The number of anilines is 1. The fraction of sp³-hybridized carbons (Fsp3) is 0.294. The molecule has 2 nitrogen and oxygen atoms in total. The number of rotatable bonds is 3. The number of nitrogens with zero attached hydrogens (tertiary/aromatic N) is 2. The molecule has 5 heteroatoms. The molecule has 0 aliphatic carbocycles. The van der Waals surface area contributed by atoms with Crippen molar-refractivity contribution in [2.45, 2.75) is 6.54 Å². The number of benzene rings is 2.